The van der Waals surface area contributed by atoms with Gasteiger partial charge in [0.15, 0.2) is 11.5 Å². The van der Waals surface area contributed by atoms with Gasteiger partial charge in [-0.3, -0.25) is 0 Å². The second-order valence-corrected chi connectivity index (χ2v) is 3.13. The summed E-state index contributed by atoms with van der Waals surface area (Å²) >= 11 is 0. The van der Waals surface area contributed by atoms with E-state index < -0.39 is 0 Å². The maximum absolute atomic E-state index is 5.89. The second kappa shape index (κ2) is 3.38. The van der Waals surface area contributed by atoms with Crippen molar-refractivity contribution in [3.8, 4) is 17.2 Å². The van der Waals surface area contributed by atoms with E-state index in [2.05, 4.69) is 0 Å². The van der Waals surface area contributed by atoms with Crippen molar-refractivity contribution < 1.29 is 14.2 Å². The molecule has 4 nitrogen and oxygen atoms in total. The van der Waals surface area contributed by atoms with E-state index in [1.807, 2.05) is 12.1 Å². The topological polar surface area (TPSA) is 53.7 Å². The molecule has 1 aliphatic heterocycles. The quantitative estimate of drug-likeness (QED) is 0.767. The third-order valence-corrected chi connectivity index (χ3v) is 2.34. The molecule has 0 aromatic heterocycles. The van der Waals surface area contributed by atoms with E-state index in [4.69, 9.17) is 19.9 Å². The van der Waals surface area contributed by atoms with Gasteiger partial charge in [0.1, 0.15) is 12.4 Å². The van der Waals surface area contributed by atoms with E-state index in [0.29, 0.717) is 18.1 Å². The van der Waals surface area contributed by atoms with Gasteiger partial charge in [-0.2, -0.15) is 0 Å². The Morgan fingerprint density at radius 1 is 1.29 bits per heavy atom. The normalized spacial score (nSPS) is 18.6. The van der Waals surface area contributed by atoms with Gasteiger partial charge in [0.05, 0.1) is 25.8 Å². The van der Waals surface area contributed by atoms with Crippen LogP contribution in [0.2, 0.25) is 0 Å². The highest BCUT2D eigenvalue weighted by molar-refractivity contribution is 5.57. The Balaban J connectivity index is 2.56. The molecule has 0 bridgehead atoms. The summed E-state index contributed by atoms with van der Waals surface area (Å²) in [5.74, 6) is 2.17. The van der Waals surface area contributed by atoms with Crippen molar-refractivity contribution in [1.29, 1.82) is 0 Å². The summed E-state index contributed by atoms with van der Waals surface area (Å²) in [6.45, 7) is 0.478. The third kappa shape index (κ3) is 1.19. The first-order valence-electron chi connectivity index (χ1n) is 4.41. The fraction of sp³-hybridized carbons (Fsp3) is 0.400. The minimum absolute atomic E-state index is 0.130. The smallest absolute Gasteiger partial charge is 0.169 e. The molecule has 1 aromatic carbocycles. The fourth-order valence-corrected chi connectivity index (χ4v) is 1.66. The number of hydrogen-bond donors (Lipinski definition) is 1. The van der Waals surface area contributed by atoms with Crippen molar-refractivity contribution in [2.45, 2.75) is 6.04 Å². The molecule has 1 atom stereocenters. The number of methoxy groups -OCH3 is 2. The van der Waals surface area contributed by atoms with Crippen LogP contribution in [0.1, 0.15) is 11.6 Å². The van der Waals surface area contributed by atoms with Crippen molar-refractivity contribution in [3.63, 3.8) is 0 Å². The number of rotatable bonds is 2. The molecule has 0 amide bonds. The Morgan fingerprint density at radius 2 is 1.93 bits per heavy atom. The standard InChI is InChI=1S/C10H13NO3/c1-12-7-3-4-8(13-2)10-9(7)6(11)5-14-10/h3-4,6H,5,11H2,1-2H3. The van der Waals surface area contributed by atoms with Crippen LogP contribution in [0.3, 0.4) is 0 Å². The van der Waals surface area contributed by atoms with Gasteiger partial charge in [-0.15, -0.1) is 0 Å². The highest BCUT2D eigenvalue weighted by atomic mass is 16.5. The average Bonchev–Trinajstić information content (AvgIpc) is 2.60. The first kappa shape index (κ1) is 9.15. The molecule has 0 aliphatic carbocycles. The van der Waals surface area contributed by atoms with Gasteiger partial charge in [0.2, 0.25) is 0 Å². The summed E-state index contributed by atoms with van der Waals surface area (Å²) in [4.78, 5) is 0. The number of benzene rings is 1. The van der Waals surface area contributed by atoms with Crippen LogP contribution in [0.4, 0.5) is 0 Å². The lowest BCUT2D eigenvalue weighted by Gasteiger charge is -2.10. The molecule has 0 spiro atoms. The Morgan fingerprint density at radius 3 is 2.57 bits per heavy atom. The summed E-state index contributed by atoms with van der Waals surface area (Å²) in [6, 6.07) is 3.53. The van der Waals surface area contributed by atoms with Crippen molar-refractivity contribution >= 4 is 0 Å². The molecule has 0 saturated heterocycles. The van der Waals surface area contributed by atoms with Gasteiger partial charge in [0.25, 0.3) is 0 Å². The van der Waals surface area contributed by atoms with E-state index >= 15 is 0 Å². The lowest BCUT2D eigenvalue weighted by molar-refractivity contribution is 0.311. The molecule has 0 fully saturated rings. The van der Waals surface area contributed by atoms with E-state index in [0.717, 1.165) is 11.3 Å². The zero-order valence-corrected chi connectivity index (χ0v) is 8.24. The Labute approximate surface area is 82.6 Å². The van der Waals surface area contributed by atoms with Gasteiger partial charge in [0, 0.05) is 0 Å². The van der Waals surface area contributed by atoms with Crippen LogP contribution in [0.5, 0.6) is 17.2 Å². The highest BCUT2D eigenvalue weighted by Gasteiger charge is 2.28. The summed E-state index contributed by atoms with van der Waals surface area (Å²) in [5, 5.41) is 0. The van der Waals surface area contributed by atoms with Crippen molar-refractivity contribution in [2.24, 2.45) is 5.73 Å². The Kier molecular flexibility index (Phi) is 2.21. The first-order valence-corrected chi connectivity index (χ1v) is 4.41. The van der Waals surface area contributed by atoms with Crippen molar-refractivity contribution in [1.82, 2.24) is 0 Å². The third-order valence-electron chi connectivity index (χ3n) is 2.34. The average molecular weight is 195 g/mol. The van der Waals surface area contributed by atoms with Crippen LogP contribution in [0.15, 0.2) is 12.1 Å². The molecule has 2 N–H and O–H groups in total. The minimum atomic E-state index is -0.130. The van der Waals surface area contributed by atoms with Crippen LogP contribution in [0.25, 0.3) is 0 Å². The predicted octanol–water partition coefficient (Wildman–Crippen LogP) is 1.10. The minimum Gasteiger partial charge on any atom is -0.496 e. The van der Waals surface area contributed by atoms with Crippen molar-refractivity contribution in [3.05, 3.63) is 17.7 Å². The van der Waals surface area contributed by atoms with Gasteiger partial charge in [-0.25, -0.2) is 0 Å². The number of hydrogen-bond acceptors (Lipinski definition) is 4. The van der Waals surface area contributed by atoms with Crippen LogP contribution < -0.4 is 19.9 Å². The van der Waals surface area contributed by atoms with Gasteiger partial charge < -0.3 is 19.9 Å². The molecular formula is C10H13NO3. The molecule has 14 heavy (non-hydrogen) atoms. The molecule has 2 rings (SSSR count). The lowest BCUT2D eigenvalue weighted by Crippen LogP contribution is -2.11. The molecular weight excluding hydrogens is 182 g/mol. The van der Waals surface area contributed by atoms with Crippen molar-refractivity contribution in [2.75, 3.05) is 20.8 Å². The van der Waals surface area contributed by atoms with Gasteiger partial charge >= 0.3 is 0 Å². The van der Waals surface area contributed by atoms with E-state index in [1.54, 1.807) is 14.2 Å². The molecule has 1 aliphatic rings. The SMILES string of the molecule is COc1ccc(OC)c2c1OCC2N. The van der Waals surface area contributed by atoms with E-state index in [9.17, 15) is 0 Å². The zero-order chi connectivity index (χ0) is 10.1. The summed E-state index contributed by atoms with van der Waals surface area (Å²) in [7, 11) is 3.22. The largest absolute Gasteiger partial charge is 0.496 e. The lowest BCUT2D eigenvalue weighted by atomic mass is 10.1. The molecule has 0 radical (unpaired) electrons. The molecule has 1 heterocycles. The van der Waals surface area contributed by atoms with Gasteiger partial charge in [-0.1, -0.05) is 0 Å². The van der Waals surface area contributed by atoms with Crippen LogP contribution in [-0.2, 0) is 0 Å². The molecule has 76 valence electrons. The molecule has 0 saturated carbocycles. The summed E-state index contributed by atoms with van der Waals surface area (Å²) in [6.07, 6.45) is 0. The maximum atomic E-state index is 5.89. The monoisotopic (exact) mass is 195 g/mol. The molecule has 1 unspecified atom stereocenters. The Bertz CT molecular complexity index is 351. The van der Waals surface area contributed by atoms with Crippen LogP contribution >= 0.6 is 0 Å². The molecule has 4 heteroatoms. The van der Waals surface area contributed by atoms with Crippen LogP contribution in [-0.4, -0.2) is 20.8 Å². The first-order chi connectivity index (χ1) is 6.77. The predicted molar refractivity (Wildman–Crippen MR) is 52.0 cm³/mol. The molecule has 1 aromatic rings. The number of fused-ring (bicyclic) bond motifs is 1. The zero-order valence-electron chi connectivity index (χ0n) is 8.24. The fourth-order valence-electron chi connectivity index (χ4n) is 1.66. The highest BCUT2D eigenvalue weighted by Crippen LogP contribution is 2.44. The number of ether oxygens (including phenoxy) is 3. The maximum Gasteiger partial charge on any atom is 0.169 e. The van der Waals surface area contributed by atoms with E-state index in [1.165, 1.54) is 0 Å². The Hall–Kier alpha value is -1.42. The van der Waals surface area contributed by atoms with Gasteiger partial charge in [-0.05, 0) is 12.1 Å². The van der Waals surface area contributed by atoms with Crippen LogP contribution in [0, 0.1) is 0 Å². The summed E-state index contributed by atoms with van der Waals surface area (Å²) in [5.41, 5.74) is 6.78. The number of nitrogens with two attached hydrogens (primary N) is 1. The van der Waals surface area contributed by atoms with E-state index in [-0.39, 0.29) is 6.04 Å². The summed E-state index contributed by atoms with van der Waals surface area (Å²) < 4.78 is 15.8. The second-order valence-electron chi connectivity index (χ2n) is 3.13.